The molecule has 1 fully saturated rings. The van der Waals surface area contributed by atoms with E-state index in [1.807, 2.05) is 37.6 Å². The fourth-order valence-electron chi connectivity index (χ4n) is 4.77. The molecule has 0 saturated carbocycles. The molecule has 1 unspecified atom stereocenters. The first-order valence-corrected chi connectivity index (χ1v) is 13.1. The summed E-state index contributed by atoms with van der Waals surface area (Å²) >= 11 is 2.17. The van der Waals surface area contributed by atoms with Crippen LogP contribution in [0, 0.1) is 5.82 Å². The number of aromatic amines is 1. The van der Waals surface area contributed by atoms with Gasteiger partial charge in [0, 0.05) is 41.8 Å². The zero-order chi connectivity index (χ0) is 25.3. The molecular formula is C22H32FIN8O3. The quantitative estimate of drug-likeness (QED) is 0.327. The maximum Gasteiger partial charge on any atom is 0.321 e. The molecule has 0 bridgehead atoms. The molecule has 0 aromatic carbocycles. The number of rotatable bonds is 7. The minimum atomic E-state index is -0.645. The second-order valence-electron chi connectivity index (χ2n) is 9.47. The van der Waals surface area contributed by atoms with Gasteiger partial charge in [-0.15, -0.1) is 0 Å². The number of aromatic nitrogens is 4. The number of hydrogen-bond acceptors (Lipinski definition) is 8. The van der Waals surface area contributed by atoms with E-state index in [-0.39, 0.29) is 36.6 Å². The highest BCUT2D eigenvalue weighted by molar-refractivity contribution is 14.1. The van der Waals surface area contributed by atoms with Crippen LogP contribution in [-0.2, 0) is 12.1 Å². The maximum atomic E-state index is 14.4. The van der Waals surface area contributed by atoms with Crippen LogP contribution in [0.4, 0.5) is 20.8 Å². The van der Waals surface area contributed by atoms with E-state index in [2.05, 4.69) is 53.0 Å². The number of alkyl halides is 1. The molecule has 0 radical (unpaired) electrons. The summed E-state index contributed by atoms with van der Waals surface area (Å²) in [7, 11) is 2.03. The molecule has 2 aromatic rings. The van der Waals surface area contributed by atoms with Crippen LogP contribution < -0.4 is 10.1 Å². The second kappa shape index (κ2) is 10.4. The SMILES string of the molecule is C[C@H]1CN(C)C(CCO)CN1C(=O)N1Cc2c(Nc3nc(OCCI)ncc3F)n[nH]c2C1(C)C. The fraction of sp³-hybridized carbons (Fsp3) is 0.636. The zero-order valence-corrected chi connectivity index (χ0v) is 22.5. The van der Waals surface area contributed by atoms with Crippen LogP contribution in [-0.4, -0.2) is 95.9 Å². The van der Waals surface area contributed by atoms with Crippen molar-refractivity contribution >= 4 is 40.3 Å². The predicted molar refractivity (Wildman–Crippen MR) is 136 cm³/mol. The van der Waals surface area contributed by atoms with Crippen molar-refractivity contribution < 1.29 is 19.0 Å². The summed E-state index contributed by atoms with van der Waals surface area (Å²) in [6.45, 7) is 8.06. The number of nitrogens with one attached hydrogen (secondary N) is 2. The second-order valence-corrected chi connectivity index (χ2v) is 10.6. The van der Waals surface area contributed by atoms with E-state index in [9.17, 15) is 14.3 Å². The predicted octanol–water partition coefficient (Wildman–Crippen LogP) is 2.45. The number of hydrogen-bond donors (Lipinski definition) is 3. The Balaban J connectivity index is 1.55. The van der Waals surface area contributed by atoms with Gasteiger partial charge in [-0.2, -0.15) is 10.1 Å². The lowest BCUT2D eigenvalue weighted by atomic mass is 10.0. The van der Waals surface area contributed by atoms with E-state index in [1.54, 1.807) is 0 Å². The van der Waals surface area contributed by atoms with Crippen LogP contribution in [0.3, 0.4) is 0 Å². The summed E-state index contributed by atoms with van der Waals surface area (Å²) in [6.07, 6.45) is 1.67. The van der Waals surface area contributed by atoms with Crippen LogP contribution in [0.1, 0.15) is 38.4 Å². The van der Waals surface area contributed by atoms with Crippen LogP contribution in [0.25, 0.3) is 0 Å². The third-order valence-electron chi connectivity index (χ3n) is 6.79. The van der Waals surface area contributed by atoms with E-state index in [1.165, 1.54) is 0 Å². The minimum Gasteiger partial charge on any atom is -0.463 e. The van der Waals surface area contributed by atoms with E-state index < -0.39 is 11.4 Å². The Bertz CT molecular complexity index is 1070. The molecule has 3 N–H and O–H groups in total. The van der Waals surface area contributed by atoms with E-state index in [0.29, 0.717) is 31.9 Å². The molecule has 2 aromatic heterocycles. The van der Waals surface area contributed by atoms with Gasteiger partial charge in [0.25, 0.3) is 0 Å². The molecule has 4 heterocycles. The lowest BCUT2D eigenvalue weighted by Crippen LogP contribution is -2.61. The molecule has 2 amide bonds. The number of likely N-dealkylation sites (N-methyl/N-ethyl adjacent to an activating group) is 1. The molecule has 35 heavy (non-hydrogen) atoms. The van der Waals surface area contributed by atoms with Crippen molar-refractivity contribution in [2.24, 2.45) is 0 Å². The summed E-state index contributed by atoms with van der Waals surface area (Å²) in [6, 6.07) is 0.143. The van der Waals surface area contributed by atoms with Crippen molar-refractivity contribution in [1.82, 2.24) is 34.9 Å². The van der Waals surface area contributed by atoms with Crippen molar-refractivity contribution in [3.8, 4) is 6.01 Å². The molecule has 192 valence electrons. The lowest BCUT2D eigenvalue weighted by molar-refractivity contribution is 0.0337. The van der Waals surface area contributed by atoms with Crippen LogP contribution in [0.5, 0.6) is 6.01 Å². The van der Waals surface area contributed by atoms with Gasteiger partial charge >= 0.3 is 12.0 Å². The van der Waals surface area contributed by atoms with Gasteiger partial charge in [-0.1, -0.05) is 22.6 Å². The van der Waals surface area contributed by atoms with Gasteiger partial charge in [-0.3, -0.25) is 10.00 Å². The Morgan fingerprint density at radius 3 is 2.89 bits per heavy atom. The number of carbonyl (C=O) groups excluding carboxylic acids is 1. The molecular weight excluding hydrogens is 570 g/mol. The first kappa shape index (κ1) is 25.8. The largest absolute Gasteiger partial charge is 0.463 e. The number of urea groups is 1. The van der Waals surface area contributed by atoms with Gasteiger partial charge in [0.15, 0.2) is 17.5 Å². The van der Waals surface area contributed by atoms with Crippen molar-refractivity contribution in [3.05, 3.63) is 23.3 Å². The molecule has 2 aliphatic rings. The van der Waals surface area contributed by atoms with E-state index in [4.69, 9.17) is 4.74 Å². The highest BCUT2D eigenvalue weighted by atomic mass is 127. The summed E-state index contributed by atoms with van der Waals surface area (Å²) in [4.78, 5) is 27.6. The Kier molecular flexibility index (Phi) is 7.66. The highest BCUT2D eigenvalue weighted by Crippen LogP contribution is 2.42. The minimum absolute atomic E-state index is 0.0315. The van der Waals surface area contributed by atoms with Gasteiger partial charge in [0.1, 0.15) is 6.61 Å². The first-order chi connectivity index (χ1) is 16.7. The summed E-state index contributed by atoms with van der Waals surface area (Å²) < 4.78 is 20.6. The lowest BCUT2D eigenvalue weighted by Gasteiger charge is -2.46. The number of halogens is 2. The normalized spacial score (nSPS) is 21.8. The van der Waals surface area contributed by atoms with Gasteiger partial charge in [-0.25, -0.2) is 14.2 Å². The monoisotopic (exact) mass is 602 g/mol. The zero-order valence-electron chi connectivity index (χ0n) is 20.4. The summed E-state index contributed by atoms with van der Waals surface area (Å²) in [5.41, 5.74) is 0.927. The van der Waals surface area contributed by atoms with Crippen molar-refractivity contribution in [2.45, 2.75) is 51.4 Å². The summed E-state index contributed by atoms with van der Waals surface area (Å²) in [5, 5.41) is 19.8. The molecule has 1 saturated heterocycles. The molecule has 0 spiro atoms. The smallest absolute Gasteiger partial charge is 0.321 e. The Morgan fingerprint density at radius 2 is 2.17 bits per heavy atom. The third-order valence-corrected chi connectivity index (χ3v) is 7.23. The highest BCUT2D eigenvalue weighted by Gasteiger charge is 2.46. The Labute approximate surface area is 217 Å². The number of aliphatic hydroxyl groups excluding tert-OH is 1. The average molecular weight is 602 g/mol. The van der Waals surface area contributed by atoms with E-state index >= 15 is 0 Å². The summed E-state index contributed by atoms with van der Waals surface area (Å²) in [5.74, 6) is -0.264. The molecule has 13 heteroatoms. The first-order valence-electron chi connectivity index (χ1n) is 11.6. The van der Waals surface area contributed by atoms with Crippen molar-refractivity contribution in [3.63, 3.8) is 0 Å². The van der Waals surface area contributed by atoms with Crippen LogP contribution in [0.2, 0.25) is 0 Å². The third kappa shape index (κ3) is 5.03. The number of fused-ring (bicyclic) bond motifs is 1. The number of amides is 2. The Morgan fingerprint density at radius 1 is 1.40 bits per heavy atom. The number of piperazine rings is 1. The van der Waals surface area contributed by atoms with Gasteiger partial charge < -0.3 is 25.0 Å². The Hall–Kier alpha value is -2.26. The number of ether oxygens (including phenoxy) is 1. The molecule has 2 atom stereocenters. The standard InChI is InChI=1S/C22H32FIN8O3/c1-13-10-30(4)14(5-7-33)11-31(13)21(34)32-12-15-17(22(32,2)3)28-29-18(15)26-19-16(23)9-25-20(27-19)35-8-6-24/h9,13-14,33H,5-8,10-12H2,1-4H3,(H2,25,26,27,28,29)/t13-,14?/m0/s1. The number of anilines is 2. The average Bonchev–Trinajstić information content (AvgIpc) is 3.33. The van der Waals surface area contributed by atoms with Crippen LogP contribution in [0.15, 0.2) is 6.20 Å². The molecule has 11 nitrogen and oxygen atoms in total. The topological polar surface area (TPSA) is 123 Å². The van der Waals surface area contributed by atoms with Gasteiger partial charge in [0.05, 0.1) is 24.0 Å². The molecule has 0 aliphatic carbocycles. The van der Waals surface area contributed by atoms with E-state index in [0.717, 1.165) is 28.4 Å². The number of carbonyl (C=O) groups is 1. The number of H-pyrrole nitrogens is 1. The maximum absolute atomic E-state index is 14.4. The van der Waals surface area contributed by atoms with Crippen molar-refractivity contribution in [1.29, 1.82) is 0 Å². The molecule has 2 aliphatic heterocycles. The van der Waals surface area contributed by atoms with Crippen LogP contribution >= 0.6 is 22.6 Å². The van der Waals surface area contributed by atoms with Gasteiger partial charge in [-0.05, 0) is 34.2 Å². The number of aliphatic hydroxyl groups is 1. The van der Waals surface area contributed by atoms with Gasteiger partial charge in [0.2, 0.25) is 0 Å². The molecule has 4 rings (SSSR count). The fourth-order valence-corrected chi connectivity index (χ4v) is 4.99. The van der Waals surface area contributed by atoms with Crippen molar-refractivity contribution in [2.75, 3.05) is 43.1 Å². The number of nitrogens with zero attached hydrogens (tertiary/aromatic N) is 6.